The molecule has 2 aromatic rings. The van der Waals surface area contributed by atoms with Crippen molar-refractivity contribution in [3.05, 3.63) is 42.0 Å². The highest BCUT2D eigenvalue weighted by atomic mass is 16.5. The van der Waals surface area contributed by atoms with Gasteiger partial charge < -0.3 is 14.4 Å². The number of fused-ring (bicyclic) bond motifs is 1. The molecule has 2 aliphatic heterocycles. The van der Waals surface area contributed by atoms with Crippen molar-refractivity contribution < 1.29 is 9.47 Å². The van der Waals surface area contributed by atoms with E-state index < -0.39 is 0 Å². The fourth-order valence-electron chi connectivity index (χ4n) is 4.25. The van der Waals surface area contributed by atoms with Gasteiger partial charge in [-0.1, -0.05) is 18.2 Å². The predicted molar refractivity (Wildman–Crippen MR) is 106 cm³/mol. The average Bonchev–Trinajstić information content (AvgIpc) is 2.69. The van der Waals surface area contributed by atoms with Crippen molar-refractivity contribution in [1.29, 1.82) is 0 Å². The largest absolute Gasteiger partial charge is 0.497 e. The number of morpholine rings is 1. The summed E-state index contributed by atoms with van der Waals surface area (Å²) in [6.07, 6.45) is 2.84. The van der Waals surface area contributed by atoms with E-state index in [0.717, 1.165) is 31.4 Å². The molecule has 26 heavy (non-hydrogen) atoms. The van der Waals surface area contributed by atoms with Crippen LogP contribution in [0.5, 0.6) is 5.75 Å². The van der Waals surface area contributed by atoms with Crippen LogP contribution in [0.1, 0.15) is 24.5 Å². The van der Waals surface area contributed by atoms with E-state index in [2.05, 4.69) is 47.2 Å². The molecule has 0 amide bonds. The van der Waals surface area contributed by atoms with Crippen molar-refractivity contribution in [3.8, 4) is 5.75 Å². The Morgan fingerprint density at radius 2 is 1.81 bits per heavy atom. The van der Waals surface area contributed by atoms with Gasteiger partial charge in [0, 0.05) is 19.6 Å². The van der Waals surface area contributed by atoms with E-state index in [9.17, 15) is 0 Å². The van der Waals surface area contributed by atoms with E-state index in [1.165, 1.54) is 48.8 Å². The van der Waals surface area contributed by atoms with Crippen LogP contribution in [0.25, 0.3) is 10.8 Å². The first-order valence-electron chi connectivity index (χ1n) is 9.81. The Morgan fingerprint density at radius 3 is 2.62 bits per heavy atom. The predicted octanol–water partition coefficient (Wildman–Crippen LogP) is 3.56. The number of rotatable bonds is 4. The zero-order valence-corrected chi connectivity index (χ0v) is 16.0. The second-order valence-corrected chi connectivity index (χ2v) is 7.84. The molecule has 0 spiro atoms. The van der Waals surface area contributed by atoms with Crippen molar-refractivity contribution in [2.24, 2.45) is 5.92 Å². The molecule has 4 nitrogen and oxygen atoms in total. The van der Waals surface area contributed by atoms with Crippen LogP contribution < -0.4 is 4.74 Å². The van der Waals surface area contributed by atoms with Gasteiger partial charge in [-0.2, -0.15) is 0 Å². The third-order valence-corrected chi connectivity index (χ3v) is 5.95. The van der Waals surface area contributed by atoms with Crippen LogP contribution in [0.3, 0.4) is 0 Å². The minimum Gasteiger partial charge on any atom is -0.497 e. The molecule has 2 heterocycles. The molecule has 0 N–H and O–H groups in total. The van der Waals surface area contributed by atoms with E-state index >= 15 is 0 Å². The standard InChI is InChI=1S/C22H30N2O2/c1-23-9-7-17(8-10-23)15-24-11-12-26-22(16-24)20-4-3-19-14-21(25-2)6-5-18(19)13-20/h3-6,13-14,17,22H,7-12,15-16H2,1-2H3/t22-/m0/s1. The number of likely N-dealkylation sites (tertiary alicyclic amines) is 1. The van der Waals surface area contributed by atoms with E-state index in [1.54, 1.807) is 7.11 Å². The van der Waals surface area contributed by atoms with Crippen molar-refractivity contribution in [2.75, 3.05) is 53.5 Å². The van der Waals surface area contributed by atoms with Gasteiger partial charge in [-0.15, -0.1) is 0 Å². The summed E-state index contributed by atoms with van der Waals surface area (Å²) in [7, 11) is 3.95. The summed E-state index contributed by atoms with van der Waals surface area (Å²) in [5, 5.41) is 2.46. The lowest BCUT2D eigenvalue weighted by Crippen LogP contribution is -2.43. The van der Waals surface area contributed by atoms with Gasteiger partial charge >= 0.3 is 0 Å². The molecular formula is C22H30N2O2. The highest BCUT2D eigenvalue weighted by molar-refractivity contribution is 5.84. The zero-order chi connectivity index (χ0) is 17.9. The Bertz CT molecular complexity index is 740. The summed E-state index contributed by atoms with van der Waals surface area (Å²) in [4.78, 5) is 5.06. The second kappa shape index (κ2) is 7.95. The van der Waals surface area contributed by atoms with Gasteiger partial charge in [0.05, 0.1) is 19.8 Å². The molecule has 0 aliphatic carbocycles. The maximum absolute atomic E-state index is 6.12. The van der Waals surface area contributed by atoms with Crippen molar-refractivity contribution in [2.45, 2.75) is 18.9 Å². The molecule has 4 rings (SSSR count). The number of ether oxygens (including phenoxy) is 2. The smallest absolute Gasteiger partial charge is 0.119 e. The van der Waals surface area contributed by atoms with Crippen LogP contribution in [-0.2, 0) is 4.74 Å². The maximum Gasteiger partial charge on any atom is 0.119 e. The number of benzene rings is 2. The Kier molecular flexibility index (Phi) is 5.44. The van der Waals surface area contributed by atoms with Crippen LogP contribution in [0.2, 0.25) is 0 Å². The number of methoxy groups -OCH3 is 1. The molecule has 2 aromatic carbocycles. The third-order valence-electron chi connectivity index (χ3n) is 5.95. The van der Waals surface area contributed by atoms with Gasteiger partial charge in [0.1, 0.15) is 5.75 Å². The quantitative estimate of drug-likeness (QED) is 0.838. The molecule has 0 aromatic heterocycles. The fraction of sp³-hybridized carbons (Fsp3) is 0.545. The summed E-state index contributed by atoms with van der Waals surface area (Å²) in [5.41, 5.74) is 1.29. The van der Waals surface area contributed by atoms with Crippen molar-refractivity contribution in [3.63, 3.8) is 0 Å². The molecule has 2 saturated heterocycles. The molecule has 0 unspecified atom stereocenters. The first kappa shape index (κ1) is 17.8. The van der Waals surface area contributed by atoms with E-state index in [0.29, 0.717) is 0 Å². The highest BCUT2D eigenvalue weighted by Gasteiger charge is 2.25. The van der Waals surface area contributed by atoms with Gasteiger partial charge in [0.15, 0.2) is 0 Å². The first-order valence-corrected chi connectivity index (χ1v) is 9.81. The lowest BCUT2D eigenvalue weighted by atomic mass is 9.95. The monoisotopic (exact) mass is 354 g/mol. The molecule has 140 valence electrons. The van der Waals surface area contributed by atoms with Crippen LogP contribution >= 0.6 is 0 Å². The summed E-state index contributed by atoms with van der Waals surface area (Å²) < 4.78 is 11.4. The number of nitrogens with zero attached hydrogens (tertiary/aromatic N) is 2. The second-order valence-electron chi connectivity index (χ2n) is 7.84. The molecule has 0 bridgehead atoms. The highest BCUT2D eigenvalue weighted by Crippen LogP contribution is 2.28. The molecule has 0 radical (unpaired) electrons. The van der Waals surface area contributed by atoms with E-state index in [1.807, 2.05) is 6.07 Å². The average molecular weight is 354 g/mol. The number of hydrogen-bond donors (Lipinski definition) is 0. The summed E-state index contributed by atoms with van der Waals surface area (Å²) in [5.74, 6) is 1.75. The molecule has 2 fully saturated rings. The van der Waals surface area contributed by atoms with Gasteiger partial charge in [-0.3, -0.25) is 4.90 Å². The van der Waals surface area contributed by atoms with Crippen LogP contribution in [0, 0.1) is 5.92 Å². The normalized spacial score (nSPS) is 23.4. The van der Waals surface area contributed by atoms with Gasteiger partial charge in [0.2, 0.25) is 0 Å². The van der Waals surface area contributed by atoms with Crippen LogP contribution in [-0.4, -0.2) is 63.3 Å². The summed E-state index contributed by atoms with van der Waals surface area (Å²) in [6, 6.07) is 12.9. The SMILES string of the molecule is COc1ccc2cc([C@@H]3CN(CC4CCN(C)CC4)CCO3)ccc2c1. The minimum atomic E-state index is 0.182. The lowest BCUT2D eigenvalue weighted by Gasteiger charge is -2.37. The minimum absolute atomic E-state index is 0.182. The fourth-order valence-corrected chi connectivity index (χ4v) is 4.25. The topological polar surface area (TPSA) is 24.9 Å². The molecule has 0 saturated carbocycles. The van der Waals surface area contributed by atoms with Gasteiger partial charge in [-0.25, -0.2) is 0 Å². The Balaban J connectivity index is 1.43. The van der Waals surface area contributed by atoms with Gasteiger partial charge in [-0.05, 0) is 73.4 Å². The van der Waals surface area contributed by atoms with Crippen LogP contribution in [0.15, 0.2) is 36.4 Å². The van der Waals surface area contributed by atoms with Crippen molar-refractivity contribution >= 4 is 10.8 Å². The zero-order valence-electron chi connectivity index (χ0n) is 16.0. The Morgan fingerprint density at radius 1 is 1.04 bits per heavy atom. The van der Waals surface area contributed by atoms with E-state index in [4.69, 9.17) is 9.47 Å². The van der Waals surface area contributed by atoms with Crippen LogP contribution in [0.4, 0.5) is 0 Å². The Labute approximate surface area is 156 Å². The Hall–Kier alpha value is -1.62. The third kappa shape index (κ3) is 4.03. The lowest BCUT2D eigenvalue weighted by molar-refractivity contribution is -0.0368. The summed E-state index contributed by atoms with van der Waals surface area (Å²) in [6.45, 7) is 6.61. The van der Waals surface area contributed by atoms with Crippen molar-refractivity contribution in [1.82, 2.24) is 9.80 Å². The summed E-state index contributed by atoms with van der Waals surface area (Å²) >= 11 is 0. The van der Waals surface area contributed by atoms with Gasteiger partial charge in [0.25, 0.3) is 0 Å². The molecule has 4 heteroatoms. The maximum atomic E-state index is 6.12. The number of hydrogen-bond acceptors (Lipinski definition) is 4. The first-order chi connectivity index (χ1) is 12.7. The molecule has 1 atom stereocenters. The van der Waals surface area contributed by atoms with E-state index in [-0.39, 0.29) is 6.10 Å². The number of piperidine rings is 1. The molecule has 2 aliphatic rings. The molecular weight excluding hydrogens is 324 g/mol.